The highest BCUT2D eigenvalue weighted by atomic mass is 14.3. The van der Waals surface area contributed by atoms with E-state index >= 15 is 0 Å². The lowest BCUT2D eigenvalue weighted by molar-refractivity contribution is 0.287. The molecule has 0 aromatic rings. The van der Waals surface area contributed by atoms with Gasteiger partial charge in [0.1, 0.15) is 0 Å². The van der Waals surface area contributed by atoms with Crippen molar-refractivity contribution >= 4 is 0 Å². The van der Waals surface area contributed by atoms with Crippen LogP contribution in [0.5, 0.6) is 0 Å². The molecule has 0 aromatic carbocycles. The molecule has 2 rings (SSSR count). The van der Waals surface area contributed by atoms with Crippen LogP contribution in [0.3, 0.4) is 0 Å². The van der Waals surface area contributed by atoms with E-state index in [1.165, 1.54) is 57.8 Å². The van der Waals surface area contributed by atoms with Gasteiger partial charge in [0.15, 0.2) is 0 Å². The summed E-state index contributed by atoms with van der Waals surface area (Å²) < 4.78 is 0. The van der Waals surface area contributed by atoms with Crippen LogP contribution in [-0.4, -0.2) is 0 Å². The first-order chi connectivity index (χ1) is 6.92. The van der Waals surface area contributed by atoms with E-state index in [4.69, 9.17) is 0 Å². The summed E-state index contributed by atoms with van der Waals surface area (Å²) >= 11 is 0. The molecule has 0 spiro atoms. The number of hydrogen-bond donors (Lipinski definition) is 0. The van der Waals surface area contributed by atoms with Gasteiger partial charge < -0.3 is 0 Å². The molecule has 80 valence electrons. The summed E-state index contributed by atoms with van der Waals surface area (Å²) in [5, 5.41) is 0. The second kappa shape index (κ2) is 5.00. The van der Waals surface area contributed by atoms with Crippen molar-refractivity contribution in [2.24, 2.45) is 11.8 Å². The topological polar surface area (TPSA) is 0 Å². The molecule has 0 aliphatic heterocycles. The van der Waals surface area contributed by atoms with Crippen LogP contribution >= 0.6 is 0 Å². The minimum Gasteiger partial charge on any atom is -0.0853 e. The Hall–Kier alpha value is -0.260. The van der Waals surface area contributed by atoms with Gasteiger partial charge >= 0.3 is 0 Å². The molecule has 0 radical (unpaired) electrons. The first-order valence-corrected chi connectivity index (χ1v) is 6.60. The zero-order chi connectivity index (χ0) is 9.80. The molecule has 14 heavy (non-hydrogen) atoms. The lowest BCUT2D eigenvalue weighted by atomic mass is 9.73. The second-order valence-electron chi connectivity index (χ2n) is 5.08. The molecule has 2 fully saturated rings. The predicted octanol–water partition coefficient (Wildman–Crippen LogP) is 4.70. The summed E-state index contributed by atoms with van der Waals surface area (Å²) in [5.41, 5.74) is 1.82. The lowest BCUT2D eigenvalue weighted by Gasteiger charge is -2.32. The molecule has 2 saturated carbocycles. The van der Waals surface area contributed by atoms with Crippen molar-refractivity contribution < 1.29 is 0 Å². The van der Waals surface area contributed by atoms with E-state index in [-0.39, 0.29) is 0 Å². The van der Waals surface area contributed by atoms with E-state index in [9.17, 15) is 0 Å². The van der Waals surface area contributed by atoms with Crippen molar-refractivity contribution in [2.75, 3.05) is 0 Å². The van der Waals surface area contributed by atoms with E-state index < -0.39 is 0 Å². The maximum atomic E-state index is 2.53. The lowest BCUT2D eigenvalue weighted by Crippen LogP contribution is -2.20. The van der Waals surface area contributed by atoms with Crippen molar-refractivity contribution in [3.63, 3.8) is 0 Å². The summed E-state index contributed by atoms with van der Waals surface area (Å²) in [4.78, 5) is 0. The zero-order valence-electron chi connectivity index (χ0n) is 9.60. The van der Waals surface area contributed by atoms with Gasteiger partial charge in [0.25, 0.3) is 0 Å². The van der Waals surface area contributed by atoms with Crippen LogP contribution in [-0.2, 0) is 0 Å². The van der Waals surface area contributed by atoms with Crippen LogP contribution < -0.4 is 0 Å². The van der Waals surface area contributed by atoms with Gasteiger partial charge in [-0.15, -0.1) is 0 Å². The molecular formula is C14H24. The Morgan fingerprint density at radius 2 is 1.86 bits per heavy atom. The highest BCUT2D eigenvalue weighted by molar-refractivity contribution is 5.11. The molecule has 2 aliphatic carbocycles. The SMILES string of the molecule is CC/C=C1\CCCC2CCCCCC12. The Morgan fingerprint density at radius 3 is 2.71 bits per heavy atom. The van der Waals surface area contributed by atoms with Gasteiger partial charge in [0.2, 0.25) is 0 Å². The van der Waals surface area contributed by atoms with Crippen LogP contribution in [0.4, 0.5) is 0 Å². The number of allylic oxidation sites excluding steroid dienone is 2. The summed E-state index contributed by atoms with van der Waals surface area (Å²) in [6.07, 6.45) is 15.7. The van der Waals surface area contributed by atoms with Gasteiger partial charge in [0, 0.05) is 0 Å². The Kier molecular flexibility index (Phi) is 3.67. The molecule has 0 N–H and O–H groups in total. The van der Waals surface area contributed by atoms with Crippen molar-refractivity contribution in [1.82, 2.24) is 0 Å². The fraction of sp³-hybridized carbons (Fsp3) is 0.857. The molecule has 0 aromatic heterocycles. The van der Waals surface area contributed by atoms with Gasteiger partial charge in [-0.05, 0) is 50.4 Å². The van der Waals surface area contributed by atoms with Crippen LogP contribution in [0.2, 0.25) is 0 Å². The summed E-state index contributed by atoms with van der Waals surface area (Å²) in [6.45, 7) is 2.29. The summed E-state index contributed by atoms with van der Waals surface area (Å²) in [5.74, 6) is 2.05. The maximum absolute atomic E-state index is 2.53. The highest BCUT2D eigenvalue weighted by Crippen LogP contribution is 2.42. The third-order valence-corrected chi connectivity index (χ3v) is 4.14. The van der Waals surface area contributed by atoms with Crippen molar-refractivity contribution in [2.45, 2.75) is 64.7 Å². The minimum absolute atomic E-state index is 0.992. The highest BCUT2D eigenvalue weighted by Gasteiger charge is 2.29. The first-order valence-electron chi connectivity index (χ1n) is 6.60. The van der Waals surface area contributed by atoms with Crippen LogP contribution in [0.25, 0.3) is 0 Å². The number of fused-ring (bicyclic) bond motifs is 1. The van der Waals surface area contributed by atoms with Crippen molar-refractivity contribution in [3.05, 3.63) is 11.6 Å². The molecule has 2 unspecified atom stereocenters. The van der Waals surface area contributed by atoms with Crippen LogP contribution in [0.1, 0.15) is 64.7 Å². The number of rotatable bonds is 1. The first kappa shape index (κ1) is 10.3. The molecule has 0 nitrogen and oxygen atoms in total. The standard InChI is InChI=1S/C14H24/c1-2-7-12-9-6-10-13-8-4-3-5-11-14(12)13/h7,13-14H,2-6,8-11H2,1H3/b12-7+. The third-order valence-electron chi connectivity index (χ3n) is 4.14. The molecule has 0 amide bonds. The van der Waals surface area contributed by atoms with E-state index in [2.05, 4.69) is 13.0 Å². The summed E-state index contributed by atoms with van der Waals surface area (Å²) in [6, 6.07) is 0. The average Bonchev–Trinajstić information content (AvgIpc) is 2.44. The van der Waals surface area contributed by atoms with Gasteiger partial charge in [0.05, 0.1) is 0 Å². The molecule has 0 bridgehead atoms. The zero-order valence-corrected chi connectivity index (χ0v) is 9.60. The van der Waals surface area contributed by atoms with E-state index in [1.807, 2.05) is 5.57 Å². The monoisotopic (exact) mass is 192 g/mol. The molecule has 0 heterocycles. The smallest absolute Gasteiger partial charge is 0.0175 e. The maximum Gasteiger partial charge on any atom is -0.0175 e. The average molecular weight is 192 g/mol. The van der Waals surface area contributed by atoms with Crippen LogP contribution in [0, 0.1) is 11.8 Å². The van der Waals surface area contributed by atoms with Gasteiger partial charge in [-0.1, -0.05) is 37.8 Å². The normalized spacial score (nSPS) is 36.5. The Labute approximate surface area is 88.8 Å². The third kappa shape index (κ3) is 2.21. The molecule has 2 aliphatic rings. The van der Waals surface area contributed by atoms with Crippen molar-refractivity contribution in [3.8, 4) is 0 Å². The van der Waals surface area contributed by atoms with Gasteiger partial charge in [-0.2, -0.15) is 0 Å². The van der Waals surface area contributed by atoms with Gasteiger partial charge in [-0.25, -0.2) is 0 Å². The Bertz CT molecular complexity index is 202. The molecule has 2 atom stereocenters. The molecular weight excluding hydrogens is 168 g/mol. The minimum atomic E-state index is 0.992. The van der Waals surface area contributed by atoms with Crippen LogP contribution in [0.15, 0.2) is 11.6 Å². The van der Waals surface area contributed by atoms with Crippen molar-refractivity contribution in [1.29, 1.82) is 0 Å². The van der Waals surface area contributed by atoms with Gasteiger partial charge in [-0.3, -0.25) is 0 Å². The fourth-order valence-electron chi connectivity index (χ4n) is 3.49. The fourth-order valence-corrected chi connectivity index (χ4v) is 3.49. The largest absolute Gasteiger partial charge is 0.0853 e. The Balaban J connectivity index is 2.08. The van der Waals surface area contributed by atoms with E-state index in [0.29, 0.717) is 0 Å². The second-order valence-corrected chi connectivity index (χ2v) is 5.08. The summed E-state index contributed by atoms with van der Waals surface area (Å²) in [7, 11) is 0. The molecule has 0 heteroatoms. The van der Waals surface area contributed by atoms with E-state index in [0.717, 1.165) is 11.8 Å². The quantitative estimate of drug-likeness (QED) is 0.528. The predicted molar refractivity (Wildman–Crippen MR) is 62.3 cm³/mol. The Morgan fingerprint density at radius 1 is 1.07 bits per heavy atom. The molecule has 0 saturated heterocycles. The van der Waals surface area contributed by atoms with E-state index in [1.54, 1.807) is 0 Å². The number of hydrogen-bond acceptors (Lipinski definition) is 0.